The molecule has 1 N–H and O–H groups in total. The molecule has 0 spiro atoms. The van der Waals surface area contributed by atoms with E-state index in [1.807, 2.05) is 0 Å². The Bertz CT molecular complexity index is 957. The molecular weight excluding hydrogens is 409 g/mol. The SMILES string of the molecule is Cc1ccc(NC(=O)c2ccc(S(=O)(=O)C(F)F)cc2)c(OCC(F)(F)F)c1. The summed E-state index contributed by atoms with van der Waals surface area (Å²) in [6, 6.07) is 7.88. The topological polar surface area (TPSA) is 72.5 Å². The maximum absolute atomic E-state index is 12.5. The van der Waals surface area contributed by atoms with Gasteiger partial charge in [-0.3, -0.25) is 4.79 Å². The smallest absolute Gasteiger partial charge is 0.422 e. The minimum atomic E-state index is -4.80. The lowest BCUT2D eigenvalue weighted by Gasteiger charge is -2.15. The Morgan fingerprint density at radius 3 is 2.25 bits per heavy atom. The number of ether oxygens (including phenoxy) is 1. The molecule has 0 aromatic heterocycles. The van der Waals surface area contributed by atoms with Crippen molar-refractivity contribution >= 4 is 21.4 Å². The van der Waals surface area contributed by atoms with E-state index in [-0.39, 0.29) is 17.0 Å². The van der Waals surface area contributed by atoms with E-state index in [0.29, 0.717) is 5.56 Å². The number of rotatable bonds is 6. The molecule has 2 aromatic carbocycles. The van der Waals surface area contributed by atoms with E-state index in [1.165, 1.54) is 18.2 Å². The minimum Gasteiger partial charge on any atom is -0.482 e. The first-order valence-electron chi connectivity index (χ1n) is 7.64. The number of anilines is 1. The van der Waals surface area contributed by atoms with Crippen molar-refractivity contribution < 1.29 is 39.9 Å². The summed E-state index contributed by atoms with van der Waals surface area (Å²) < 4.78 is 89.6. The third-order valence-corrected chi connectivity index (χ3v) is 4.85. The number of benzene rings is 2. The van der Waals surface area contributed by atoms with Gasteiger partial charge in [-0.25, -0.2) is 8.42 Å². The molecule has 152 valence electrons. The molecule has 0 atom stereocenters. The van der Waals surface area contributed by atoms with Crippen molar-refractivity contribution in [3.8, 4) is 5.75 Å². The average molecular weight is 423 g/mol. The molecule has 0 radical (unpaired) electrons. The van der Waals surface area contributed by atoms with Crippen molar-refractivity contribution in [3.63, 3.8) is 0 Å². The van der Waals surface area contributed by atoms with Crippen LogP contribution in [0.25, 0.3) is 0 Å². The van der Waals surface area contributed by atoms with Crippen LogP contribution in [0.2, 0.25) is 0 Å². The van der Waals surface area contributed by atoms with Crippen molar-refractivity contribution in [3.05, 3.63) is 53.6 Å². The first-order valence-corrected chi connectivity index (χ1v) is 9.18. The van der Waals surface area contributed by atoms with E-state index in [4.69, 9.17) is 4.74 Å². The van der Waals surface area contributed by atoms with E-state index < -0.39 is 39.2 Å². The Hall–Kier alpha value is -2.69. The van der Waals surface area contributed by atoms with E-state index in [1.54, 1.807) is 6.92 Å². The van der Waals surface area contributed by atoms with Crippen LogP contribution in [0.5, 0.6) is 5.75 Å². The fraction of sp³-hybridized carbons (Fsp3) is 0.235. The highest BCUT2D eigenvalue weighted by Gasteiger charge is 2.29. The molecule has 0 aliphatic rings. The molecule has 0 saturated carbocycles. The summed E-state index contributed by atoms with van der Waals surface area (Å²) in [6.45, 7) is 0.0632. The average Bonchev–Trinajstić information content (AvgIpc) is 2.61. The van der Waals surface area contributed by atoms with Gasteiger partial charge in [0.1, 0.15) is 5.75 Å². The molecule has 0 saturated heterocycles. The van der Waals surface area contributed by atoms with Crippen LogP contribution in [0.4, 0.5) is 27.6 Å². The molecule has 2 rings (SSSR count). The van der Waals surface area contributed by atoms with E-state index in [0.717, 1.165) is 24.3 Å². The number of alkyl halides is 5. The van der Waals surface area contributed by atoms with Gasteiger partial charge >= 0.3 is 11.9 Å². The van der Waals surface area contributed by atoms with Gasteiger partial charge in [0.15, 0.2) is 6.61 Å². The minimum absolute atomic E-state index is 0.0378. The number of hydrogen-bond donors (Lipinski definition) is 1. The molecule has 0 heterocycles. The molecule has 11 heteroatoms. The number of carbonyl (C=O) groups excluding carboxylic acids is 1. The molecule has 0 aliphatic carbocycles. The normalized spacial score (nSPS) is 12.1. The quantitative estimate of drug-likeness (QED) is 0.708. The second-order valence-electron chi connectivity index (χ2n) is 5.69. The molecule has 0 bridgehead atoms. The van der Waals surface area contributed by atoms with Crippen LogP contribution >= 0.6 is 0 Å². The van der Waals surface area contributed by atoms with Gasteiger partial charge < -0.3 is 10.1 Å². The zero-order valence-corrected chi connectivity index (χ0v) is 15.1. The second kappa shape index (κ2) is 8.13. The number of sulfone groups is 1. The van der Waals surface area contributed by atoms with Gasteiger partial charge in [-0.2, -0.15) is 22.0 Å². The fourth-order valence-electron chi connectivity index (χ4n) is 2.11. The lowest BCUT2D eigenvalue weighted by molar-refractivity contribution is -0.153. The highest BCUT2D eigenvalue weighted by molar-refractivity contribution is 7.91. The molecule has 1 amide bonds. The van der Waals surface area contributed by atoms with Gasteiger partial charge in [-0.05, 0) is 48.9 Å². The summed E-state index contributed by atoms with van der Waals surface area (Å²) in [4.78, 5) is 11.6. The zero-order valence-electron chi connectivity index (χ0n) is 14.3. The van der Waals surface area contributed by atoms with Crippen molar-refractivity contribution in [2.24, 2.45) is 0 Å². The first-order chi connectivity index (χ1) is 12.9. The third-order valence-electron chi connectivity index (χ3n) is 3.46. The summed E-state index contributed by atoms with van der Waals surface area (Å²) in [6.07, 6.45) is -4.57. The van der Waals surface area contributed by atoms with Gasteiger partial charge in [-0.15, -0.1) is 0 Å². The fourth-order valence-corrected chi connectivity index (χ4v) is 2.83. The lowest BCUT2D eigenvalue weighted by Crippen LogP contribution is -2.20. The number of amides is 1. The molecule has 0 unspecified atom stereocenters. The van der Waals surface area contributed by atoms with Crippen LogP contribution in [0, 0.1) is 6.92 Å². The molecule has 2 aromatic rings. The molecular formula is C17H14F5NO4S. The molecule has 5 nitrogen and oxygen atoms in total. The van der Waals surface area contributed by atoms with Crippen LogP contribution in [0.15, 0.2) is 47.4 Å². The summed E-state index contributed by atoms with van der Waals surface area (Å²) in [7, 11) is -4.80. The summed E-state index contributed by atoms with van der Waals surface area (Å²) in [5, 5.41) is 2.34. The van der Waals surface area contributed by atoms with Crippen LogP contribution < -0.4 is 10.1 Å². The van der Waals surface area contributed by atoms with Gasteiger partial charge in [-0.1, -0.05) is 6.07 Å². The van der Waals surface area contributed by atoms with Crippen LogP contribution in [0.1, 0.15) is 15.9 Å². The van der Waals surface area contributed by atoms with Gasteiger partial charge in [0.25, 0.3) is 5.91 Å². The number of aryl methyl sites for hydroxylation is 1. The monoisotopic (exact) mass is 423 g/mol. The van der Waals surface area contributed by atoms with Crippen LogP contribution in [-0.4, -0.2) is 32.9 Å². The number of hydrogen-bond acceptors (Lipinski definition) is 4. The Labute approximate surface area is 157 Å². The number of carbonyl (C=O) groups is 1. The summed E-state index contributed by atoms with van der Waals surface area (Å²) in [5.74, 6) is -4.60. The van der Waals surface area contributed by atoms with Crippen molar-refractivity contribution in [1.29, 1.82) is 0 Å². The van der Waals surface area contributed by atoms with Crippen LogP contribution in [-0.2, 0) is 9.84 Å². The van der Waals surface area contributed by atoms with E-state index in [2.05, 4.69) is 5.32 Å². The highest BCUT2D eigenvalue weighted by Crippen LogP contribution is 2.28. The van der Waals surface area contributed by atoms with Gasteiger partial charge in [0.2, 0.25) is 9.84 Å². The van der Waals surface area contributed by atoms with Gasteiger partial charge in [0, 0.05) is 5.56 Å². The van der Waals surface area contributed by atoms with Gasteiger partial charge in [0.05, 0.1) is 10.6 Å². The predicted octanol–water partition coefficient (Wildman–Crippen LogP) is 4.18. The predicted molar refractivity (Wildman–Crippen MR) is 90.3 cm³/mol. The Morgan fingerprint density at radius 2 is 1.71 bits per heavy atom. The maximum atomic E-state index is 12.5. The number of halogens is 5. The summed E-state index contributed by atoms with van der Waals surface area (Å²) >= 11 is 0. The number of nitrogens with one attached hydrogen (secondary N) is 1. The molecule has 0 fully saturated rings. The van der Waals surface area contributed by atoms with Crippen LogP contribution in [0.3, 0.4) is 0 Å². The third kappa shape index (κ3) is 5.41. The second-order valence-corrected chi connectivity index (χ2v) is 7.61. The Balaban J connectivity index is 2.21. The Morgan fingerprint density at radius 1 is 1.11 bits per heavy atom. The molecule has 0 aliphatic heterocycles. The van der Waals surface area contributed by atoms with Crippen molar-refractivity contribution in [2.75, 3.05) is 11.9 Å². The lowest BCUT2D eigenvalue weighted by atomic mass is 10.2. The maximum Gasteiger partial charge on any atom is 0.422 e. The highest BCUT2D eigenvalue weighted by atomic mass is 32.2. The van der Waals surface area contributed by atoms with E-state index >= 15 is 0 Å². The van der Waals surface area contributed by atoms with Crippen molar-refractivity contribution in [1.82, 2.24) is 0 Å². The standard InChI is InChI=1S/C17H14F5NO4S/c1-10-2-7-13(14(8-10)27-9-17(20,21)22)23-15(24)11-3-5-12(6-4-11)28(25,26)16(18)19/h2-8,16H,9H2,1H3,(H,23,24). The van der Waals surface area contributed by atoms with Crippen molar-refractivity contribution in [2.45, 2.75) is 23.8 Å². The molecule has 28 heavy (non-hydrogen) atoms. The largest absolute Gasteiger partial charge is 0.482 e. The Kier molecular flexibility index (Phi) is 6.27. The van der Waals surface area contributed by atoms with E-state index in [9.17, 15) is 35.2 Å². The first kappa shape index (κ1) is 21.6. The zero-order chi connectivity index (χ0) is 21.1. The summed E-state index contributed by atoms with van der Waals surface area (Å²) in [5.41, 5.74) is 0.469.